The zero-order valence-electron chi connectivity index (χ0n) is 6.96. The predicted octanol–water partition coefficient (Wildman–Crippen LogP) is 0.921. The third-order valence-corrected chi connectivity index (χ3v) is 1.40. The minimum atomic E-state index is -0.288. The lowest BCUT2D eigenvalue weighted by atomic mass is 10.1. The van der Waals surface area contributed by atoms with E-state index in [0.29, 0.717) is 0 Å². The van der Waals surface area contributed by atoms with Crippen molar-refractivity contribution in [1.29, 1.82) is 0 Å². The van der Waals surface area contributed by atoms with E-state index in [4.69, 9.17) is 5.11 Å². The van der Waals surface area contributed by atoms with Crippen LogP contribution in [0.1, 0.15) is 20.8 Å². The Bertz CT molecular complexity index is 101. The Hall–Kier alpha value is -0.340. The molecule has 1 heterocycles. The van der Waals surface area contributed by atoms with Crippen LogP contribution < -0.4 is 5.32 Å². The van der Waals surface area contributed by atoms with Crippen LogP contribution in [0.3, 0.4) is 0 Å². The highest BCUT2D eigenvalue weighted by atomic mass is 16.3. The van der Waals surface area contributed by atoms with Crippen molar-refractivity contribution in [3.8, 4) is 0 Å². The Morgan fingerprint density at radius 2 is 2.10 bits per heavy atom. The third kappa shape index (κ3) is 2.99. The topological polar surface area (TPSA) is 32.3 Å². The molecule has 2 unspecified atom stereocenters. The number of hydrogen-bond acceptors (Lipinski definition) is 2. The van der Waals surface area contributed by atoms with Crippen LogP contribution >= 0.6 is 0 Å². The van der Waals surface area contributed by atoms with Crippen LogP contribution in [-0.2, 0) is 0 Å². The van der Waals surface area contributed by atoms with E-state index in [1.807, 2.05) is 32.9 Å². The van der Waals surface area contributed by atoms with Crippen LogP contribution in [0.5, 0.6) is 0 Å². The van der Waals surface area contributed by atoms with Crippen molar-refractivity contribution in [3.63, 3.8) is 0 Å². The molecule has 0 saturated heterocycles. The van der Waals surface area contributed by atoms with Gasteiger partial charge in [-0.1, -0.05) is 26.0 Å². The summed E-state index contributed by atoms with van der Waals surface area (Å²) in [5.74, 6) is 0. The summed E-state index contributed by atoms with van der Waals surface area (Å²) in [5, 5.41) is 12.1. The van der Waals surface area contributed by atoms with Gasteiger partial charge in [-0.25, -0.2) is 0 Å². The van der Waals surface area contributed by atoms with Crippen molar-refractivity contribution in [2.24, 2.45) is 0 Å². The molecule has 0 fully saturated rings. The van der Waals surface area contributed by atoms with Gasteiger partial charge in [0.25, 0.3) is 0 Å². The fourth-order valence-corrected chi connectivity index (χ4v) is 0.749. The van der Waals surface area contributed by atoms with Crippen molar-refractivity contribution in [1.82, 2.24) is 5.32 Å². The van der Waals surface area contributed by atoms with E-state index in [1.165, 1.54) is 0 Å². The minimum absolute atomic E-state index is 0.222. The number of aliphatic hydroxyl groups excluding tert-OH is 1. The molecule has 0 aliphatic carbocycles. The van der Waals surface area contributed by atoms with Gasteiger partial charge >= 0.3 is 0 Å². The molecule has 1 aliphatic heterocycles. The van der Waals surface area contributed by atoms with E-state index >= 15 is 0 Å². The summed E-state index contributed by atoms with van der Waals surface area (Å²) in [5.41, 5.74) is 0. The molecule has 0 spiro atoms. The smallest absolute Gasteiger partial charge is 0.0871 e. The van der Waals surface area contributed by atoms with Crippen molar-refractivity contribution >= 4 is 0 Å². The zero-order valence-corrected chi connectivity index (χ0v) is 6.96. The summed E-state index contributed by atoms with van der Waals surface area (Å²) in [6, 6.07) is 0.222. The Kier molecular flexibility index (Phi) is 5.26. The Balaban J connectivity index is 0.000000371. The molecule has 1 rings (SSSR count). The highest BCUT2D eigenvalue weighted by Gasteiger charge is 2.11. The first kappa shape index (κ1) is 9.66. The molecule has 2 atom stereocenters. The Labute approximate surface area is 62.9 Å². The molecule has 0 aromatic heterocycles. The average molecular weight is 143 g/mol. The summed E-state index contributed by atoms with van der Waals surface area (Å²) in [6.07, 6.45) is 3.47. The van der Waals surface area contributed by atoms with Crippen molar-refractivity contribution in [2.75, 3.05) is 6.54 Å². The van der Waals surface area contributed by atoms with Gasteiger partial charge in [0.2, 0.25) is 0 Å². The van der Waals surface area contributed by atoms with Crippen LogP contribution in [0.15, 0.2) is 12.2 Å². The molecule has 0 radical (unpaired) electrons. The maximum atomic E-state index is 9.03. The van der Waals surface area contributed by atoms with Gasteiger partial charge in [-0.05, 0) is 6.92 Å². The molecule has 0 saturated carbocycles. The van der Waals surface area contributed by atoms with Crippen LogP contribution in [0.25, 0.3) is 0 Å². The molecule has 10 heavy (non-hydrogen) atoms. The van der Waals surface area contributed by atoms with Gasteiger partial charge in [-0.3, -0.25) is 0 Å². The van der Waals surface area contributed by atoms with E-state index in [0.717, 1.165) is 6.54 Å². The maximum Gasteiger partial charge on any atom is 0.0871 e. The molecule has 0 bridgehead atoms. The first-order valence-electron chi connectivity index (χ1n) is 3.89. The van der Waals surface area contributed by atoms with Crippen LogP contribution in [-0.4, -0.2) is 23.8 Å². The third-order valence-electron chi connectivity index (χ3n) is 1.40. The van der Waals surface area contributed by atoms with Crippen molar-refractivity contribution in [2.45, 2.75) is 32.9 Å². The van der Waals surface area contributed by atoms with Crippen molar-refractivity contribution in [3.05, 3.63) is 12.2 Å². The van der Waals surface area contributed by atoms with Gasteiger partial charge in [0.15, 0.2) is 0 Å². The lowest BCUT2D eigenvalue weighted by Crippen LogP contribution is -2.39. The standard InChI is InChI=1S/C6H11NO.C2H6/c1-5-6(8)3-2-4-7-5;1-2/h2-3,5-8H,4H2,1H3;1-2H3. The van der Waals surface area contributed by atoms with Gasteiger partial charge in [0, 0.05) is 12.6 Å². The second-order valence-corrected chi connectivity index (χ2v) is 2.12. The monoisotopic (exact) mass is 143 g/mol. The molecule has 0 aromatic carbocycles. The summed E-state index contributed by atoms with van der Waals surface area (Å²) < 4.78 is 0. The van der Waals surface area contributed by atoms with E-state index in [9.17, 15) is 0 Å². The number of hydrogen-bond donors (Lipinski definition) is 2. The normalized spacial score (nSPS) is 30.8. The van der Waals surface area contributed by atoms with Gasteiger partial charge in [0.1, 0.15) is 0 Å². The average Bonchev–Trinajstić information content (AvgIpc) is 2.00. The van der Waals surface area contributed by atoms with E-state index < -0.39 is 0 Å². The van der Waals surface area contributed by atoms with Crippen LogP contribution in [0.2, 0.25) is 0 Å². The first-order valence-corrected chi connectivity index (χ1v) is 3.89. The number of rotatable bonds is 0. The van der Waals surface area contributed by atoms with E-state index in [1.54, 1.807) is 0 Å². The Morgan fingerprint density at radius 3 is 2.40 bits per heavy atom. The number of nitrogens with one attached hydrogen (secondary N) is 1. The lowest BCUT2D eigenvalue weighted by molar-refractivity contribution is 0.175. The fraction of sp³-hybridized carbons (Fsp3) is 0.750. The molecule has 0 amide bonds. The summed E-state index contributed by atoms with van der Waals surface area (Å²) >= 11 is 0. The second-order valence-electron chi connectivity index (χ2n) is 2.12. The van der Waals surface area contributed by atoms with Gasteiger partial charge in [-0.2, -0.15) is 0 Å². The quantitative estimate of drug-likeness (QED) is 0.494. The minimum Gasteiger partial charge on any atom is -0.387 e. The fourth-order valence-electron chi connectivity index (χ4n) is 0.749. The molecule has 2 nitrogen and oxygen atoms in total. The summed E-state index contributed by atoms with van der Waals surface area (Å²) in [6.45, 7) is 6.85. The highest BCUT2D eigenvalue weighted by molar-refractivity contribution is 4.99. The molecular weight excluding hydrogens is 126 g/mol. The highest BCUT2D eigenvalue weighted by Crippen LogP contribution is 1.98. The maximum absolute atomic E-state index is 9.03. The lowest BCUT2D eigenvalue weighted by Gasteiger charge is -2.19. The molecule has 2 heteroatoms. The molecule has 2 N–H and O–H groups in total. The van der Waals surface area contributed by atoms with Gasteiger partial charge < -0.3 is 10.4 Å². The SMILES string of the molecule is CC.CC1NCC=CC1O. The summed E-state index contributed by atoms with van der Waals surface area (Å²) in [4.78, 5) is 0. The molecule has 60 valence electrons. The second kappa shape index (κ2) is 5.45. The van der Waals surface area contributed by atoms with E-state index in [2.05, 4.69) is 5.32 Å². The van der Waals surface area contributed by atoms with Crippen molar-refractivity contribution < 1.29 is 5.11 Å². The molecule has 0 aromatic rings. The van der Waals surface area contributed by atoms with Crippen LogP contribution in [0.4, 0.5) is 0 Å². The van der Waals surface area contributed by atoms with E-state index in [-0.39, 0.29) is 12.1 Å². The Morgan fingerprint density at radius 1 is 1.50 bits per heavy atom. The summed E-state index contributed by atoms with van der Waals surface area (Å²) in [7, 11) is 0. The molecule has 1 aliphatic rings. The van der Waals surface area contributed by atoms with Crippen LogP contribution in [0, 0.1) is 0 Å². The number of aliphatic hydroxyl groups is 1. The first-order chi connectivity index (χ1) is 4.80. The van der Waals surface area contributed by atoms with Gasteiger partial charge in [-0.15, -0.1) is 0 Å². The van der Waals surface area contributed by atoms with Gasteiger partial charge in [0.05, 0.1) is 6.10 Å². The largest absolute Gasteiger partial charge is 0.387 e. The predicted molar refractivity (Wildman–Crippen MR) is 44.0 cm³/mol. The molecular formula is C8H17NO. The zero-order chi connectivity index (χ0) is 7.98.